The van der Waals surface area contributed by atoms with Gasteiger partial charge in [0.1, 0.15) is 41.7 Å². The Kier molecular flexibility index (Phi) is 13.4. The number of thiazole rings is 1. The summed E-state index contributed by atoms with van der Waals surface area (Å²) in [4.78, 5) is 53.4. The fourth-order valence-electron chi connectivity index (χ4n) is 9.32. The summed E-state index contributed by atoms with van der Waals surface area (Å²) in [6.45, 7) is 12.3. The fourth-order valence-corrected chi connectivity index (χ4v) is 10.1. The van der Waals surface area contributed by atoms with Crippen molar-refractivity contribution < 1.29 is 37.4 Å². The van der Waals surface area contributed by atoms with Gasteiger partial charge >= 0.3 is 0 Å². The van der Waals surface area contributed by atoms with Gasteiger partial charge in [-0.05, 0) is 80.0 Å². The number of halogens is 3. The molecule has 5 atom stereocenters. The molecule has 4 aromatic carbocycles. The van der Waals surface area contributed by atoms with Crippen molar-refractivity contribution in [2.45, 2.75) is 110 Å². The highest BCUT2D eigenvalue weighted by molar-refractivity contribution is 7.13. The number of aliphatic hydroxyl groups excluding tert-OH is 1. The topological polar surface area (TPSA) is 140 Å². The number of likely N-dealkylation sites (tertiary alicyclic amines) is 1. The van der Waals surface area contributed by atoms with E-state index in [1.807, 2.05) is 88.0 Å². The monoisotopic (exact) mass is 934 g/mol. The first kappa shape index (κ1) is 47.5. The van der Waals surface area contributed by atoms with Crippen molar-refractivity contribution in [2.75, 3.05) is 13.1 Å². The van der Waals surface area contributed by atoms with E-state index in [2.05, 4.69) is 20.6 Å². The Morgan fingerprint density at radius 3 is 2.28 bits per heavy atom. The highest BCUT2D eigenvalue weighted by Crippen LogP contribution is 2.44. The van der Waals surface area contributed by atoms with E-state index in [9.17, 15) is 19.5 Å². The van der Waals surface area contributed by atoms with Gasteiger partial charge in [-0.25, -0.2) is 18.2 Å². The fraction of sp³-hybridized carbons (Fsp3) is 0.385. The molecule has 2 aliphatic heterocycles. The van der Waals surface area contributed by atoms with Crippen molar-refractivity contribution in [3.05, 3.63) is 141 Å². The molecule has 2 aliphatic rings. The summed E-state index contributed by atoms with van der Waals surface area (Å²) in [5, 5.41) is 17.4. The number of ether oxygens (including phenoxy) is 1. The van der Waals surface area contributed by atoms with Crippen molar-refractivity contribution in [2.24, 2.45) is 5.41 Å². The summed E-state index contributed by atoms with van der Waals surface area (Å²) in [6.07, 6.45) is -0.274. The van der Waals surface area contributed by atoms with Gasteiger partial charge in [-0.2, -0.15) is 0 Å². The van der Waals surface area contributed by atoms with Crippen LogP contribution in [0.25, 0.3) is 21.3 Å². The predicted molar refractivity (Wildman–Crippen MR) is 253 cm³/mol. The number of benzene rings is 4. The number of β-amino-alcohol motifs (C(OH)–C–C–N with tert-alkyl or cyclic N) is 1. The lowest BCUT2D eigenvalue weighted by atomic mass is 9.85. The normalized spacial score (nSPS) is 19.3. The van der Waals surface area contributed by atoms with Crippen molar-refractivity contribution in [1.29, 1.82) is 0 Å². The number of hydrogen-bond donors (Lipinski definition) is 4. The molecule has 8 rings (SSSR count). The Hall–Kier alpha value is -6.03. The molecule has 2 aromatic heterocycles. The summed E-state index contributed by atoms with van der Waals surface area (Å²) in [5.74, 6) is -3.11. The number of H-pyrrole nitrogens is 1. The average Bonchev–Trinajstić information content (AvgIpc) is 4.00. The summed E-state index contributed by atoms with van der Waals surface area (Å²) in [6, 6.07) is 21.1. The van der Waals surface area contributed by atoms with E-state index in [0.29, 0.717) is 17.7 Å². The van der Waals surface area contributed by atoms with Crippen molar-refractivity contribution in [1.82, 2.24) is 30.4 Å². The molecule has 0 radical (unpaired) electrons. The number of carbonyl (C=O) groups is 3. The highest BCUT2D eigenvalue weighted by atomic mass is 32.1. The number of nitrogens with zero attached hydrogens (tertiary/aromatic N) is 3. The van der Waals surface area contributed by atoms with Gasteiger partial charge in [0.15, 0.2) is 0 Å². The van der Waals surface area contributed by atoms with E-state index in [-0.39, 0.29) is 55.6 Å². The first-order valence-electron chi connectivity index (χ1n) is 22.6. The van der Waals surface area contributed by atoms with Gasteiger partial charge in [0.05, 0.1) is 28.2 Å². The third-order valence-corrected chi connectivity index (χ3v) is 13.7. The zero-order chi connectivity index (χ0) is 47.9. The maximum absolute atomic E-state index is 16.3. The maximum Gasteiger partial charge on any atom is 0.251 e. The lowest BCUT2D eigenvalue weighted by Gasteiger charge is -2.43. The molecule has 0 spiro atoms. The molecule has 11 nitrogen and oxygen atoms in total. The second-order valence-electron chi connectivity index (χ2n) is 19.5. The summed E-state index contributed by atoms with van der Waals surface area (Å²) >= 11 is 1.56. The molecule has 0 saturated carbocycles. The third-order valence-electron chi connectivity index (χ3n) is 12.7. The van der Waals surface area contributed by atoms with E-state index in [4.69, 9.17) is 4.74 Å². The first-order chi connectivity index (χ1) is 31.8. The Balaban J connectivity index is 0.915. The SMILES string of the molecule is Cc1ncsc1-c1ccc(CNC(=O)[C@@H]2C[C@@H](O)CN2C(=O)[C@@H](NC(=O)c2ccc(COc3cc(F)c([C@@H]4c5[nH]c6ccccc6c5C[C@@H](C)N4CC(C)(C)F)c(F)c3)cc2)C(C)(C)C)cc1. The van der Waals surface area contributed by atoms with E-state index in [1.165, 1.54) is 18.7 Å². The lowest BCUT2D eigenvalue weighted by Crippen LogP contribution is -2.57. The summed E-state index contributed by atoms with van der Waals surface area (Å²) < 4.78 is 53.7. The zero-order valence-corrected chi connectivity index (χ0v) is 39.6. The molecular weight excluding hydrogens is 878 g/mol. The van der Waals surface area contributed by atoms with Crippen LogP contribution in [0, 0.1) is 24.0 Å². The van der Waals surface area contributed by atoms with Crippen LogP contribution in [0.2, 0.25) is 0 Å². The van der Waals surface area contributed by atoms with Crippen LogP contribution in [0.3, 0.4) is 0 Å². The van der Waals surface area contributed by atoms with Gasteiger partial charge in [-0.1, -0.05) is 75.4 Å². The number of carbonyl (C=O) groups excluding carboxylic acids is 3. The highest BCUT2D eigenvalue weighted by Gasteiger charge is 2.45. The number of para-hydroxylation sites is 1. The first-order valence-corrected chi connectivity index (χ1v) is 23.4. The maximum atomic E-state index is 16.3. The minimum atomic E-state index is -1.63. The minimum absolute atomic E-state index is 0.0410. The molecule has 6 aromatic rings. The molecule has 4 heterocycles. The van der Waals surface area contributed by atoms with E-state index in [0.717, 1.165) is 50.3 Å². The van der Waals surface area contributed by atoms with Crippen LogP contribution in [0.4, 0.5) is 13.2 Å². The Morgan fingerprint density at radius 1 is 0.970 bits per heavy atom. The predicted octanol–water partition coefficient (Wildman–Crippen LogP) is 8.96. The van der Waals surface area contributed by atoms with Crippen LogP contribution < -0.4 is 15.4 Å². The molecule has 0 aliphatic carbocycles. The number of rotatable bonds is 13. The molecule has 67 heavy (non-hydrogen) atoms. The van der Waals surface area contributed by atoms with Gasteiger partial charge < -0.3 is 30.4 Å². The smallest absolute Gasteiger partial charge is 0.251 e. The lowest BCUT2D eigenvalue weighted by molar-refractivity contribution is -0.142. The number of hydrogen-bond acceptors (Lipinski definition) is 8. The van der Waals surface area contributed by atoms with Gasteiger partial charge in [-0.15, -0.1) is 11.3 Å². The molecule has 0 bridgehead atoms. The van der Waals surface area contributed by atoms with Crippen LogP contribution in [0.15, 0.2) is 90.4 Å². The number of nitrogens with one attached hydrogen (secondary N) is 3. The number of aromatic nitrogens is 2. The molecule has 15 heteroatoms. The van der Waals surface area contributed by atoms with Gasteiger partial charge in [0.25, 0.3) is 5.91 Å². The number of amides is 3. The number of aryl methyl sites for hydroxylation is 1. The molecular formula is C52H57F3N6O5S. The molecule has 1 saturated heterocycles. The van der Waals surface area contributed by atoms with Crippen molar-refractivity contribution in [3.63, 3.8) is 0 Å². The van der Waals surface area contributed by atoms with Crippen LogP contribution >= 0.6 is 11.3 Å². The summed E-state index contributed by atoms with van der Waals surface area (Å²) in [7, 11) is 0. The number of alkyl halides is 1. The Morgan fingerprint density at radius 2 is 1.64 bits per heavy atom. The molecule has 1 fully saturated rings. The summed E-state index contributed by atoms with van der Waals surface area (Å²) in [5.41, 5.74) is 5.33. The second kappa shape index (κ2) is 18.9. The van der Waals surface area contributed by atoms with Crippen LogP contribution in [-0.4, -0.2) is 85.6 Å². The number of aliphatic hydroxyl groups is 1. The largest absolute Gasteiger partial charge is 0.489 e. The zero-order valence-electron chi connectivity index (χ0n) is 38.8. The Labute approximate surface area is 392 Å². The minimum Gasteiger partial charge on any atom is -0.489 e. The molecule has 3 amide bonds. The Bertz CT molecular complexity index is 2760. The quantitative estimate of drug-likeness (QED) is 0.0907. The number of fused-ring (bicyclic) bond motifs is 3. The third kappa shape index (κ3) is 10.3. The molecule has 352 valence electrons. The van der Waals surface area contributed by atoms with Crippen LogP contribution in [-0.2, 0) is 29.2 Å². The van der Waals surface area contributed by atoms with Crippen molar-refractivity contribution >= 4 is 40.0 Å². The molecule has 0 unspecified atom stereocenters. The number of aromatic amines is 1. The standard InChI is InChI=1S/C52H57F3N6O5S/c1-29-20-38-37-10-8-9-11-41(37)58-44(38)45(61(29)27-52(6,7)55)43-39(53)22-36(23-40(43)54)66-26-32-14-18-34(19-15-32)48(63)59-47(51(3,4)5)50(65)60-25-35(62)21-42(60)49(64)56-24-31-12-16-33(17-13-31)46-30(2)57-28-67-46/h8-19,22-23,28-29,35,42,45,47,58,62H,20-21,24-27H2,1-7H3,(H,56,64)(H,59,63)/t29-,35-,42+,45-,47-/m1/s1. The molecule has 4 N–H and O–H groups in total. The van der Waals surface area contributed by atoms with Gasteiger partial charge in [-0.3, -0.25) is 19.3 Å². The van der Waals surface area contributed by atoms with E-state index < -0.39 is 64.7 Å². The average molecular weight is 935 g/mol. The van der Waals surface area contributed by atoms with Gasteiger partial charge in [0, 0.05) is 72.0 Å². The van der Waals surface area contributed by atoms with Crippen LogP contribution in [0.5, 0.6) is 5.75 Å². The van der Waals surface area contributed by atoms with E-state index >= 15 is 13.2 Å². The van der Waals surface area contributed by atoms with E-state index in [1.54, 1.807) is 41.1 Å². The van der Waals surface area contributed by atoms with Crippen molar-refractivity contribution in [3.8, 4) is 16.2 Å². The van der Waals surface area contributed by atoms with Gasteiger partial charge in [0.2, 0.25) is 11.8 Å². The van der Waals surface area contributed by atoms with Crippen LogP contribution in [0.1, 0.15) is 98.0 Å². The second-order valence-corrected chi connectivity index (χ2v) is 20.4.